The van der Waals surface area contributed by atoms with Crippen molar-refractivity contribution in [3.05, 3.63) is 11.8 Å². The Hall–Kier alpha value is -1.40. The van der Waals surface area contributed by atoms with E-state index < -0.39 is 0 Å². The van der Waals surface area contributed by atoms with Gasteiger partial charge < -0.3 is 14.6 Å². The summed E-state index contributed by atoms with van der Waals surface area (Å²) >= 11 is 0. The number of carbonyl (C=O) groups is 1. The smallest absolute Gasteiger partial charge is 0.226 e. The maximum atomic E-state index is 11.6. The number of aryl methyl sites for hydroxylation is 1. The molecule has 2 rings (SSSR count). The number of aromatic nitrogens is 1. The number of nitrogens with zero attached hydrogens (tertiary/aromatic N) is 2. The zero-order valence-corrected chi connectivity index (χ0v) is 9.94. The van der Waals surface area contributed by atoms with Crippen molar-refractivity contribution < 1.29 is 14.1 Å². The minimum Gasteiger partial charge on any atom is -0.379 e. The predicted octanol–water partition coefficient (Wildman–Crippen LogP) is 0.644. The van der Waals surface area contributed by atoms with E-state index in [4.69, 9.17) is 9.26 Å². The zero-order chi connectivity index (χ0) is 12.1. The van der Waals surface area contributed by atoms with Crippen molar-refractivity contribution in [1.29, 1.82) is 0 Å². The summed E-state index contributed by atoms with van der Waals surface area (Å²) in [5.41, 5.74) is 0. The largest absolute Gasteiger partial charge is 0.379 e. The summed E-state index contributed by atoms with van der Waals surface area (Å²) in [5.74, 6) is 1.13. The van der Waals surface area contributed by atoms with Crippen molar-refractivity contribution in [2.45, 2.75) is 13.3 Å². The number of anilines is 1. The SMILES string of the molecule is Cc1cc(NC(=O)CCN2CCOCC2)no1. The van der Waals surface area contributed by atoms with Crippen molar-refractivity contribution in [3.63, 3.8) is 0 Å². The molecule has 1 aromatic heterocycles. The molecule has 1 aliphatic heterocycles. The van der Waals surface area contributed by atoms with E-state index in [1.165, 1.54) is 0 Å². The molecule has 6 nitrogen and oxygen atoms in total. The maximum Gasteiger partial charge on any atom is 0.226 e. The van der Waals surface area contributed by atoms with Crippen molar-refractivity contribution in [2.24, 2.45) is 0 Å². The predicted molar refractivity (Wildman–Crippen MR) is 61.7 cm³/mol. The lowest BCUT2D eigenvalue weighted by Crippen LogP contribution is -2.38. The third-order valence-corrected chi connectivity index (χ3v) is 2.65. The Balaban J connectivity index is 1.70. The highest BCUT2D eigenvalue weighted by Crippen LogP contribution is 2.07. The van der Waals surface area contributed by atoms with Crippen molar-refractivity contribution in [3.8, 4) is 0 Å². The van der Waals surface area contributed by atoms with Gasteiger partial charge in [-0.2, -0.15) is 0 Å². The highest BCUT2D eigenvalue weighted by molar-refractivity contribution is 5.89. The fourth-order valence-electron chi connectivity index (χ4n) is 1.72. The maximum absolute atomic E-state index is 11.6. The van der Waals surface area contributed by atoms with Crippen LogP contribution < -0.4 is 5.32 Å². The van der Waals surface area contributed by atoms with E-state index >= 15 is 0 Å². The van der Waals surface area contributed by atoms with Crippen LogP contribution in [-0.4, -0.2) is 48.8 Å². The molecule has 6 heteroatoms. The Morgan fingerprint density at radius 1 is 1.53 bits per heavy atom. The standard InChI is InChI=1S/C11H17N3O3/c1-9-8-10(13-17-9)12-11(15)2-3-14-4-6-16-7-5-14/h8H,2-7H2,1H3,(H,12,13,15). The second-order valence-corrected chi connectivity index (χ2v) is 4.07. The number of hydrogen-bond donors (Lipinski definition) is 1. The number of amides is 1. The first-order chi connectivity index (χ1) is 8.24. The molecule has 0 aliphatic carbocycles. The van der Waals surface area contributed by atoms with E-state index in [9.17, 15) is 4.79 Å². The Kier molecular flexibility index (Phi) is 4.11. The second-order valence-electron chi connectivity index (χ2n) is 4.07. The van der Waals surface area contributed by atoms with Gasteiger partial charge in [0.2, 0.25) is 5.91 Å². The zero-order valence-electron chi connectivity index (χ0n) is 9.94. The number of ether oxygens (including phenoxy) is 1. The normalized spacial score (nSPS) is 17.0. The van der Waals surface area contributed by atoms with Gasteiger partial charge in [-0.05, 0) is 6.92 Å². The molecule has 0 spiro atoms. The van der Waals surface area contributed by atoms with Crippen LogP contribution in [0.2, 0.25) is 0 Å². The molecule has 1 saturated heterocycles. The summed E-state index contributed by atoms with van der Waals surface area (Å²) in [4.78, 5) is 13.8. The molecule has 2 heterocycles. The molecule has 1 fully saturated rings. The molecule has 0 aromatic carbocycles. The number of nitrogens with one attached hydrogen (secondary N) is 1. The van der Waals surface area contributed by atoms with Crippen LogP contribution in [0.5, 0.6) is 0 Å². The third-order valence-electron chi connectivity index (χ3n) is 2.65. The van der Waals surface area contributed by atoms with Gasteiger partial charge in [-0.3, -0.25) is 9.69 Å². The van der Waals surface area contributed by atoms with Crippen molar-refractivity contribution in [2.75, 3.05) is 38.2 Å². The minimum atomic E-state index is -0.0372. The number of rotatable bonds is 4. The molecule has 17 heavy (non-hydrogen) atoms. The highest BCUT2D eigenvalue weighted by Gasteiger charge is 2.12. The lowest BCUT2D eigenvalue weighted by atomic mass is 10.3. The van der Waals surface area contributed by atoms with Crippen LogP contribution in [0.15, 0.2) is 10.6 Å². The molecule has 1 aliphatic rings. The molecule has 94 valence electrons. The van der Waals surface area contributed by atoms with Gasteiger partial charge in [-0.25, -0.2) is 0 Å². The van der Waals surface area contributed by atoms with Gasteiger partial charge in [0.15, 0.2) is 5.82 Å². The van der Waals surface area contributed by atoms with Crippen LogP contribution in [-0.2, 0) is 9.53 Å². The lowest BCUT2D eigenvalue weighted by Gasteiger charge is -2.26. The quantitative estimate of drug-likeness (QED) is 0.835. The van der Waals surface area contributed by atoms with E-state index in [0.717, 1.165) is 32.8 Å². The molecule has 0 saturated carbocycles. The highest BCUT2D eigenvalue weighted by atomic mass is 16.5. The van der Waals surface area contributed by atoms with E-state index in [1.807, 2.05) is 0 Å². The van der Waals surface area contributed by atoms with Crippen molar-refractivity contribution in [1.82, 2.24) is 10.1 Å². The van der Waals surface area contributed by atoms with Crippen LogP contribution in [0.1, 0.15) is 12.2 Å². The van der Waals surface area contributed by atoms with Crippen LogP contribution in [0, 0.1) is 6.92 Å². The van der Waals surface area contributed by atoms with Gasteiger partial charge in [0.1, 0.15) is 5.76 Å². The Bertz CT molecular complexity index is 372. The first-order valence-corrected chi connectivity index (χ1v) is 5.77. The third kappa shape index (κ3) is 3.83. The Labute approximate surface area is 99.9 Å². The number of hydrogen-bond acceptors (Lipinski definition) is 5. The van der Waals surface area contributed by atoms with E-state index in [2.05, 4.69) is 15.4 Å². The van der Waals surface area contributed by atoms with Gasteiger partial charge in [-0.1, -0.05) is 5.16 Å². The van der Waals surface area contributed by atoms with Crippen LogP contribution in [0.3, 0.4) is 0 Å². The summed E-state index contributed by atoms with van der Waals surface area (Å²) in [5, 5.41) is 6.41. The van der Waals surface area contributed by atoms with Gasteiger partial charge in [0.05, 0.1) is 13.2 Å². The fourth-order valence-corrected chi connectivity index (χ4v) is 1.72. The molecule has 0 unspecified atom stereocenters. The summed E-state index contributed by atoms with van der Waals surface area (Å²) in [6, 6.07) is 1.70. The first-order valence-electron chi connectivity index (χ1n) is 5.77. The minimum absolute atomic E-state index is 0.0372. The summed E-state index contributed by atoms with van der Waals surface area (Å²) in [6.45, 7) is 5.85. The van der Waals surface area contributed by atoms with Gasteiger partial charge in [0.25, 0.3) is 0 Å². The van der Waals surface area contributed by atoms with E-state index in [0.29, 0.717) is 18.0 Å². The first kappa shape index (κ1) is 12.1. The molecule has 1 amide bonds. The average Bonchev–Trinajstić information content (AvgIpc) is 2.73. The average molecular weight is 239 g/mol. The van der Waals surface area contributed by atoms with Crippen LogP contribution >= 0.6 is 0 Å². The van der Waals surface area contributed by atoms with Gasteiger partial charge in [0, 0.05) is 32.1 Å². The molecule has 0 bridgehead atoms. The number of morpholine rings is 1. The molecule has 1 N–H and O–H groups in total. The van der Waals surface area contributed by atoms with Gasteiger partial charge in [-0.15, -0.1) is 0 Å². The monoisotopic (exact) mass is 239 g/mol. The Morgan fingerprint density at radius 2 is 2.29 bits per heavy atom. The van der Waals surface area contributed by atoms with Crippen LogP contribution in [0.4, 0.5) is 5.82 Å². The topological polar surface area (TPSA) is 67.6 Å². The summed E-state index contributed by atoms with van der Waals surface area (Å²) in [7, 11) is 0. The van der Waals surface area contributed by atoms with Crippen molar-refractivity contribution >= 4 is 11.7 Å². The molecule has 0 atom stereocenters. The Morgan fingerprint density at radius 3 is 2.94 bits per heavy atom. The fraction of sp³-hybridized carbons (Fsp3) is 0.636. The summed E-state index contributed by atoms with van der Waals surface area (Å²) in [6.07, 6.45) is 0.464. The second kappa shape index (κ2) is 5.79. The molecular formula is C11H17N3O3. The van der Waals surface area contributed by atoms with E-state index in [1.54, 1.807) is 13.0 Å². The molecule has 0 radical (unpaired) electrons. The van der Waals surface area contributed by atoms with Gasteiger partial charge >= 0.3 is 0 Å². The molecule has 1 aromatic rings. The van der Waals surface area contributed by atoms with Crippen LogP contribution in [0.25, 0.3) is 0 Å². The van der Waals surface area contributed by atoms with E-state index in [-0.39, 0.29) is 5.91 Å². The lowest BCUT2D eigenvalue weighted by molar-refractivity contribution is -0.116. The number of carbonyl (C=O) groups excluding carboxylic acids is 1. The summed E-state index contributed by atoms with van der Waals surface area (Å²) < 4.78 is 10.1. The molecular weight excluding hydrogens is 222 g/mol.